The summed E-state index contributed by atoms with van der Waals surface area (Å²) < 4.78 is 0. The third-order valence-electron chi connectivity index (χ3n) is 4.05. The molecular formula is C11H16. The van der Waals surface area contributed by atoms with Gasteiger partial charge in [0.05, 0.1) is 0 Å². The molecule has 0 saturated heterocycles. The first-order chi connectivity index (χ1) is 5.43. The average molecular weight is 148 g/mol. The average Bonchev–Trinajstić information content (AvgIpc) is 2.48. The van der Waals surface area contributed by atoms with Gasteiger partial charge in [0.15, 0.2) is 0 Å². The predicted molar refractivity (Wildman–Crippen MR) is 46.3 cm³/mol. The van der Waals surface area contributed by atoms with Crippen molar-refractivity contribution >= 4 is 0 Å². The molecule has 0 aliphatic heterocycles. The SMILES string of the molecule is C1CC2=C3CCC(C3)C(C1)C2. The van der Waals surface area contributed by atoms with Gasteiger partial charge < -0.3 is 0 Å². The van der Waals surface area contributed by atoms with Gasteiger partial charge >= 0.3 is 0 Å². The van der Waals surface area contributed by atoms with Crippen molar-refractivity contribution < 1.29 is 0 Å². The molecule has 0 aromatic rings. The Bertz CT molecular complexity index is 212. The summed E-state index contributed by atoms with van der Waals surface area (Å²) in [5.41, 5.74) is 3.76. The highest BCUT2D eigenvalue weighted by atomic mass is 14.4. The van der Waals surface area contributed by atoms with Crippen molar-refractivity contribution in [1.29, 1.82) is 0 Å². The zero-order valence-corrected chi connectivity index (χ0v) is 7.10. The Morgan fingerprint density at radius 3 is 2.45 bits per heavy atom. The van der Waals surface area contributed by atoms with Crippen LogP contribution in [-0.4, -0.2) is 0 Å². The molecule has 0 aromatic carbocycles. The van der Waals surface area contributed by atoms with E-state index in [1.54, 1.807) is 6.42 Å². The standard InChI is InChI=1S/C11H16/c1-2-8-6-9(3-1)11-5-4-10(8)7-11/h8,10H,1-7H2. The first-order valence-corrected chi connectivity index (χ1v) is 5.13. The summed E-state index contributed by atoms with van der Waals surface area (Å²) in [4.78, 5) is 0. The van der Waals surface area contributed by atoms with Crippen molar-refractivity contribution in [1.82, 2.24) is 0 Å². The second-order valence-electron chi connectivity index (χ2n) is 4.57. The van der Waals surface area contributed by atoms with Crippen LogP contribution in [0.15, 0.2) is 11.1 Å². The molecule has 3 aliphatic rings. The van der Waals surface area contributed by atoms with Gasteiger partial charge in [0.25, 0.3) is 0 Å². The Morgan fingerprint density at radius 2 is 1.55 bits per heavy atom. The first-order valence-electron chi connectivity index (χ1n) is 5.13. The van der Waals surface area contributed by atoms with Crippen molar-refractivity contribution in [2.45, 2.75) is 44.9 Å². The number of hydrogen-bond acceptors (Lipinski definition) is 0. The van der Waals surface area contributed by atoms with Gasteiger partial charge in [-0.25, -0.2) is 0 Å². The van der Waals surface area contributed by atoms with E-state index < -0.39 is 0 Å². The minimum absolute atomic E-state index is 1.12. The summed E-state index contributed by atoms with van der Waals surface area (Å²) in [6.07, 6.45) is 10.5. The fourth-order valence-corrected chi connectivity index (χ4v) is 3.43. The van der Waals surface area contributed by atoms with Crippen molar-refractivity contribution in [2.75, 3.05) is 0 Å². The Kier molecular flexibility index (Phi) is 1.21. The lowest BCUT2D eigenvalue weighted by Crippen LogP contribution is -2.20. The summed E-state index contributed by atoms with van der Waals surface area (Å²) >= 11 is 0. The van der Waals surface area contributed by atoms with Crippen molar-refractivity contribution in [3.8, 4) is 0 Å². The molecule has 0 radical (unpaired) electrons. The molecule has 2 unspecified atom stereocenters. The van der Waals surface area contributed by atoms with E-state index in [9.17, 15) is 0 Å². The van der Waals surface area contributed by atoms with Crippen LogP contribution in [0.3, 0.4) is 0 Å². The van der Waals surface area contributed by atoms with Crippen molar-refractivity contribution in [2.24, 2.45) is 11.8 Å². The van der Waals surface area contributed by atoms with E-state index in [4.69, 9.17) is 0 Å². The third-order valence-corrected chi connectivity index (χ3v) is 4.05. The maximum atomic E-state index is 1.88. The second-order valence-corrected chi connectivity index (χ2v) is 4.57. The minimum Gasteiger partial charge on any atom is -0.0707 e. The molecule has 0 spiro atoms. The summed E-state index contributed by atoms with van der Waals surface area (Å²) in [6.45, 7) is 0. The summed E-state index contributed by atoms with van der Waals surface area (Å²) in [5.74, 6) is 2.24. The van der Waals surface area contributed by atoms with E-state index in [2.05, 4.69) is 0 Å². The van der Waals surface area contributed by atoms with Crippen LogP contribution < -0.4 is 0 Å². The molecule has 0 aromatic heterocycles. The fraction of sp³-hybridized carbons (Fsp3) is 0.818. The van der Waals surface area contributed by atoms with Gasteiger partial charge in [0.2, 0.25) is 0 Å². The second kappa shape index (κ2) is 2.12. The van der Waals surface area contributed by atoms with Crippen LogP contribution >= 0.6 is 0 Å². The van der Waals surface area contributed by atoms with Gasteiger partial charge in [0.1, 0.15) is 0 Å². The van der Waals surface area contributed by atoms with Gasteiger partial charge in [-0.05, 0) is 56.8 Å². The van der Waals surface area contributed by atoms with Crippen molar-refractivity contribution in [3.05, 3.63) is 11.1 Å². The molecule has 11 heavy (non-hydrogen) atoms. The van der Waals surface area contributed by atoms with Crippen LogP contribution in [0.4, 0.5) is 0 Å². The van der Waals surface area contributed by atoms with Gasteiger partial charge in [-0.3, -0.25) is 0 Å². The topological polar surface area (TPSA) is 0 Å². The molecule has 0 heterocycles. The number of allylic oxidation sites excluding steroid dienone is 2. The van der Waals surface area contributed by atoms with E-state index >= 15 is 0 Å². The molecule has 2 atom stereocenters. The predicted octanol–water partition coefficient (Wildman–Crippen LogP) is 3.29. The minimum atomic E-state index is 1.12. The Hall–Kier alpha value is -0.260. The molecule has 0 heteroatoms. The van der Waals surface area contributed by atoms with Crippen LogP contribution in [0.25, 0.3) is 0 Å². The molecule has 2 saturated carbocycles. The molecule has 60 valence electrons. The summed E-state index contributed by atoms with van der Waals surface area (Å²) in [5, 5.41) is 0. The molecular weight excluding hydrogens is 132 g/mol. The molecule has 0 nitrogen and oxygen atoms in total. The molecule has 2 fully saturated rings. The Morgan fingerprint density at radius 1 is 0.818 bits per heavy atom. The largest absolute Gasteiger partial charge is 0.0707 e. The van der Waals surface area contributed by atoms with E-state index in [-0.39, 0.29) is 0 Å². The first kappa shape index (κ1) is 6.28. The zero-order valence-electron chi connectivity index (χ0n) is 7.10. The van der Waals surface area contributed by atoms with Gasteiger partial charge in [-0.15, -0.1) is 0 Å². The Labute approximate surface area is 68.7 Å². The van der Waals surface area contributed by atoms with E-state index in [1.165, 1.54) is 38.5 Å². The fourth-order valence-electron chi connectivity index (χ4n) is 3.43. The number of fused-ring (bicyclic) bond motifs is 5. The van der Waals surface area contributed by atoms with E-state index in [0.29, 0.717) is 0 Å². The lowest BCUT2D eigenvalue weighted by molar-refractivity contribution is 0.278. The lowest BCUT2D eigenvalue weighted by Gasteiger charge is -2.33. The maximum absolute atomic E-state index is 1.88. The van der Waals surface area contributed by atoms with Crippen LogP contribution in [0.2, 0.25) is 0 Å². The molecule has 3 aliphatic carbocycles. The van der Waals surface area contributed by atoms with Crippen LogP contribution in [0.5, 0.6) is 0 Å². The van der Waals surface area contributed by atoms with Crippen LogP contribution in [0, 0.1) is 11.8 Å². The molecule has 0 amide bonds. The molecule has 3 rings (SSSR count). The van der Waals surface area contributed by atoms with Crippen LogP contribution in [-0.2, 0) is 0 Å². The summed E-state index contributed by atoms with van der Waals surface area (Å²) in [6, 6.07) is 0. The Balaban J connectivity index is 2.03. The number of hydrogen-bond donors (Lipinski definition) is 0. The lowest BCUT2D eigenvalue weighted by atomic mass is 9.73. The highest BCUT2D eigenvalue weighted by molar-refractivity contribution is 5.24. The maximum Gasteiger partial charge on any atom is -0.0286 e. The van der Waals surface area contributed by atoms with E-state index in [0.717, 1.165) is 11.8 Å². The number of rotatable bonds is 0. The van der Waals surface area contributed by atoms with Gasteiger partial charge in [-0.1, -0.05) is 11.1 Å². The summed E-state index contributed by atoms with van der Waals surface area (Å²) in [7, 11) is 0. The highest BCUT2D eigenvalue weighted by Crippen LogP contribution is 2.50. The smallest absolute Gasteiger partial charge is 0.0286 e. The van der Waals surface area contributed by atoms with E-state index in [1.807, 2.05) is 11.1 Å². The highest BCUT2D eigenvalue weighted by Gasteiger charge is 2.35. The zero-order chi connectivity index (χ0) is 7.26. The molecule has 4 bridgehead atoms. The molecule has 0 N–H and O–H groups in total. The van der Waals surface area contributed by atoms with Gasteiger partial charge in [0, 0.05) is 0 Å². The monoisotopic (exact) mass is 148 g/mol. The van der Waals surface area contributed by atoms with Gasteiger partial charge in [-0.2, -0.15) is 0 Å². The quantitative estimate of drug-likeness (QED) is 0.462. The third kappa shape index (κ3) is 0.816. The van der Waals surface area contributed by atoms with Crippen molar-refractivity contribution in [3.63, 3.8) is 0 Å². The van der Waals surface area contributed by atoms with Crippen LogP contribution in [0.1, 0.15) is 44.9 Å². The normalized spacial score (nSPS) is 41.5.